The second-order valence-electron chi connectivity index (χ2n) is 9.91. The number of aromatic nitrogens is 5. The molecule has 0 radical (unpaired) electrons. The number of aliphatic hydroxyl groups excluding tert-OH is 1. The van der Waals surface area contributed by atoms with Gasteiger partial charge in [0.25, 0.3) is 0 Å². The molecule has 186 valence electrons. The van der Waals surface area contributed by atoms with E-state index < -0.39 is 0 Å². The van der Waals surface area contributed by atoms with Crippen LogP contribution < -0.4 is 10.2 Å². The lowest BCUT2D eigenvalue weighted by atomic mass is 10.1. The molecule has 2 aliphatic heterocycles. The Labute approximate surface area is 214 Å². The summed E-state index contributed by atoms with van der Waals surface area (Å²) in [4.78, 5) is 28.2. The molecule has 2 fully saturated rings. The molecule has 0 aliphatic carbocycles. The van der Waals surface area contributed by atoms with Crippen LogP contribution in [-0.2, 0) is 0 Å². The fourth-order valence-electron chi connectivity index (χ4n) is 5.20. The van der Waals surface area contributed by atoms with Crippen molar-refractivity contribution < 1.29 is 5.11 Å². The lowest BCUT2D eigenvalue weighted by Crippen LogP contribution is -2.47. The Morgan fingerprint density at radius 3 is 2.75 bits per heavy atom. The van der Waals surface area contributed by atoms with Gasteiger partial charge in [0.05, 0.1) is 16.8 Å². The van der Waals surface area contributed by atoms with Crippen molar-refractivity contribution in [1.82, 2.24) is 29.8 Å². The van der Waals surface area contributed by atoms with Gasteiger partial charge in [0, 0.05) is 73.2 Å². The van der Waals surface area contributed by atoms with Crippen LogP contribution in [0.15, 0.2) is 36.7 Å². The van der Waals surface area contributed by atoms with Crippen molar-refractivity contribution in [2.45, 2.75) is 45.2 Å². The lowest BCUT2D eigenvalue weighted by molar-refractivity contribution is 0.176. The monoisotopic (exact) mass is 502 g/mol. The molecule has 0 spiro atoms. The van der Waals surface area contributed by atoms with Crippen LogP contribution in [-0.4, -0.2) is 73.3 Å². The Hall–Kier alpha value is -3.21. The molecule has 0 saturated carbocycles. The molecular weight excluding hydrogens is 472 g/mol. The van der Waals surface area contributed by atoms with E-state index in [1.807, 2.05) is 37.5 Å². The van der Waals surface area contributed by atoms with Crippen LogP contribution in [0.5, 0.6) is 0 Å². The van der Waals surface area contributed by atoms with E-state index in [1.54, 1.807) is 11.3 Å². The van der Waals surface area contributed by atoms with E-state index in [-0.39, 0.29) is 6.61 Å². The maximum Gasteiger partial charge on any atom is 0.227 e. The van der Waals surface area contributed by atoms with E-state index in [2.05, 4.69) is 45.0 Å². The fourth-order valence-corrected chi connectivity index (χ4v) is 6.11. The molecule has 2 aliphatic rings. The molecular formula is C26H30N8OS. The van der Waals surface area contributed by atoms with Crippen molar-refractivity contribution in [2.24, 2.45) is 0 Å². The number of nitrogens with one attached hydrogen (secondary N) is 1. The first-order valence-electron chi connectivity index (χ1n) is 12.4. The van der Waals surface area contributed by atoms with Crippen molar-refractivity contribution >= 4 is 39.1 Å². The number of nitrogens with zero attached hydrogens (tertiary/aromatic N) is 7. The lowest BCUT2D eigenvalue weighted by Gasteiger charge is -2.34. The normalized spacial score (nSPS) is 19.6. The minimum Gasteiger partial charge on any atom is -0.395 e. The summed E-state index contributed by atoms with van der Waals surface area (Å²) in [5, 5.41) is 13.6. The minimum atomic E-state index is 0.206. The van der Waals surface area contributed by atoms with Gasteiger partial charge in [-0.15, -0.1) is 11.3 Å². The van der Waals surface area contributed by atoms with Gasteiger partial charge in [-0.05, 0) is 31.4 Å². The number of aryl methyl sites for hydroxylation is 1. The van der Waals surface area contributed by atoms with E-state index in [0.29, 0.717) is 23.8 Å². The number of pyridine rings is 2. The summed E-state index contributed by atoms with van der Waals surface area (Å²) in [7, 11) is 0. The zero-order valence-corrected chi connectivity index (χ0v) is 21.5. The Morgan fingerprint density at radius 2 is 1.97 bits per heavy atom. The first-order valence-corrected chi connectivity index (χ1v) is 13.3. The number of piperazine rings is 1. The maximum absolute atomic E-state index is 9.31. The van der Waals surface area contributed by atoms with Gasteiger partial charge in [0.1, 0.15) is 16.6 Å². The molecule has 4 aromatic rings. The summed E-state index contributed by atoms with van der Waals surface area (Å²) in [6.07, 6.45) is 4.82. The quantitative estimate of drug-likeness (QED) is 0.388. The van der Waals surface area contributed by atoms with Gasteiger partial charge in [-0.2, -0.15) is 4.98 Å². The van der Waals surface area contributed by atoms with E-state index in [4.69, 9.17) is 15.0 Å². The number of fused-ring (bicyclic) bond motifs is 3. The zero-order chi connectivity index (χ0) is 24.8. The van der Waals surface area contributed by atoms with Crippen LogP contribution in [0.1, 0.15) is 37.6 Å². The second kappa shape index (κ2) is 9.34. The summed E-state index contributed by atoms with van der Waals surface area (Å²) in [6.45, 7) is 9.07. The molecule has 4 aromatic heterocycles. The highest BCUT2D eigenvalue weighted by Crippen LogP contribution is 2.34. The summed E-state index contributed by atoms with van der Waals surface area (Å²) in [5.74, 6) is 2.56. The first-order chi connectivity index (χ1) is 17.5. The van der Waals surface area contributed by atoms with Crippen LogP contribution in [0.25, 0.3) is 20.8 Å². The van der Waals surface area contributed by atoms with Crippen LogP contribution in [0, 0.1) is 6.92 Å². The van der Waals surface area contributed by atoms with E-state index in [0.717, 1.165) is 70.0 Å². The van der Waals surface area contributed by atoms with Crippen molar-refractivity contribution in [3.63, 3.8) is 0 Å². The minimum absolute atomic E-state index is 0.206. The third-order valence-corrected chi connectivity index (χ3v) is 8.05. The van der Waals surface area contributed by atoms with Crippen LogP contribution in [0.3, 0.4) is 0 Å². The second-order valence-corrected chi connectivity index (χ2v) is 10.9. The molecule has 2 N–H and O–H groups in total. The number of hydrogen-bond acceptors (Lipinski definition) is 10. The predicted octanol–water partition coefficient (Wildman–Crippen LogP) is 3.97. The molecule has 2 saturated heterocycles. The molecule has 0 unspecified atom stereocenters. The van der Waals surface area contributed by atoms with Gasteiger partial charge in [-0.3, -0.25) is 9.88 Å². The molecule has 0 aromatic carbocycles. The summed E-state index contributed by atoms with van der Waals surface area (Å²) in [6, 6.07) is 8.90. The number of likely N-dealkylation sites (tertiary alicyclic amines) is 1. The van der Waals surface area contributed by atoms with Crippen LogP contribution >= 0.6 is 11.3 Å². The molecule has 9 nitrogen and oxygen atoms in total. The average molecular weight is 503 g/mol. The smallest absolute Gasteiger partial charge is 0.227 e. The third kappa shape index (κ3) is 4.40. The summed E-state index contributed by atoms with van der Waals surface area (Å²) >= 11 is 1.64. The predicted molar refractivity (Wildman–Crippen MR) is 143 cm³/mol. The van der Waals surface area contributed by atoms with E-state index in [9.17, 15) is 5.11 Å². The van der Waals surface area contributed by atoms with Gasteiger partial charge in [0.2, 0.25) is 5.95 Å². The van der Waals surface area contributed by atoms with Gasteiger partial charge in [-0.25, -0.2) is 15.0 Å². The third-order valence-electron chi connectivity index (χ3n) is 6.99. The standard InChI is InChI=1S/C26H30N8OS/c1-15(2)20-9-17(4-5-27-20)25-30-21-11-23(28-12-22(21)36-25)31-24-8-16(3)29-26(32-24)34-14-18-10-19(34)13-33(18)6-7-35/h4-5,8-9,11-12,15,18-19,35H,6-7,10,13-14H2,1-3H3,(H,28,29,31,32)/t18-,19-/m0/s1. The topological polar surface area (TPSA) is 103 Å². The van der Waals surface area contributed by atoms with Crippen LogP contribution in [0.2, 0.25) is 0 Å². The highest BCUT2D eigenvalue weighted by Gasteiger charge is 2.43. The highest BCUT2D eigenvalue weighted by atomic mass is 32.1. The van der Waals surface area contributed by atoms with Gasteiger partial charge < -0.3 is 15.3 Å². The van der Waals surface area contributed by atoms with Crippen molar-refractivity contribution in [3.05, 3.63) is 48.0 Å². The Morgan fingerprint density at radius 1 is 1.08 bits per heavy atom. The summed E-state index contributed by atoms with van der Waals surface area (Å²) in [5.41, 5.74) is 3.96. The number of hydrogen-bond donors (Lipinski definition) is 2. The molecule has 0 amide bonds. The molecule has 10 heteroatoms. The van der Waals surface area contributed by atoms with E-state index in [1.165, 1.54) is 0 Å². The zero-order valence-electron chi connectivity index (χ0n) is 20.7. The molecule has 6 rings (SSSR count). The summed E-state index contributed by atoms with van der Waals surface area (Å²) < 4.78 is 1.04. The number of β-amino-alcohol motifs (C(OH)–C–C–N with tert-alkyl or cyclic N) is 1. The van der Waals surface area contributed by atoms with E-state index >= 15 is 0 Å². The SMILES string of the molecule is Cc1cc(Nc2cc3nc(-c4ccnc(C(C)C)c4)sc3cn2)nc(N2C[C@@H]3C[C@H]2CN3CCO)n1. The molecule has 36 heavy (non-hydrogen) atoms. The van der Waals surface area contributed by atoms with Crippen molar-refractivity contribution in [1.29, 1.82) is 0 Å². The maximum atomic E-state index is 9.31. The van der Waals surface area contributed by atoms with Crippen molar-refractivity contribution in [3.8, 4) is 10.6 Å². The first kappa shape index (κ1) is 23.2. The number of thiazole rings is 1. The molecule has 6 heterocycles. The Balaban J connectivity index is 1.22. The fraction of sp³-hybridized carbons (Fsp3) is 0.423. The average Bonchev–Trinajstić information content (AvgIpc) is 3.58. The number of rotatable bonds is 7. The highest BCUT2D eigenvalue weighted by molar-refractivity contribution is 7.21. The van der Waals surface area contributed by atoms with Crippen LogP contribution in [0.4, 0.5) is 17.6 Å². The molecule has 2 atom stereocenters. The van der Waals surface area contributed by atoms with Gasteiger partial charge in [0.15, 0.2) is 0 Å². The Bertz CT molecular complexity index is 1410. The Kier molecular flexibility index (Phi) is 6.02. The number of anilines is 3. The number of aliphatic hydroxyl groups is 1. The molecule has 2 bridgehead atoms. The van der Waals surface area contributed by atoms with Gasteiger partial charge in [-0.1, -0.05) is 13.8 Å². The van der Waals surface area contributed by atoms with Gasteiger partial charge >= 0.3 is 0 Å². The largest absolute Gasteiger partial charge is 0.395 e. The van der Waals surface area contributed by atoms with Crippen molar-refractivity contribution in [2.75, 3.05) is 36.5 Å².